The van der Waals surface area contributed by atoms with Crippen molar-refractivity contribution < 1.29 is 9.21 Å². The molecule has 0 saturated carbocycles. The van der Waals surface area contributed by atoms with Gasteiger partial charge in [0.25, 0.3) is 5.91 Å². The van der Waals surface area contributed by atoms with Crippen molar-refractivity contribution in [1.29, 1.82) is 0 Å². The van der Waals surface area contributed by atoms with Gasteiger partial charge in [0.05, 0.1) is 0 Å². The number of rotatable bonds is 19. The van der Waals surface area contributed by atoms with Gasteiger partial charge in [0, 0.05) is 42.6 Å². The van der Waals surface area contributed by atoms with E-state index in [0.717, 1.165) is 62.2 Å². The summed E-state index contributed by atoms with van der Waals surface area (Å²) in [5.74, 6) is 1.13. The van der Waals surface area contributed by atoms with Gasteiger partial charge in [-0.05, 0) is 36.6 Å². The lowest BCUT2D eigenvalue weighted by molar-refractivity contribution is 0.0953. The van der Waals surface area contributed by atoms with E-state index in [-0.39, 0.29) is 5.91 Å². The van der Waals surface area contributed by atoms with Gasteiger partial charge < -0.3 is 15.1 Å². The quantitative estimate of drug-likeness (QED) is 0.160. The molecule has 0 fully saturated rings. The maximum Gasteiger partial charge on any atom is 0.251 e. The fraction of sp³-hybridized carbons (Fsp3) is 0.545. The number of hydrogen-bond donors (Lipinski definition) is 2. The monoisotopic (exact) mass is 504 g/mol. The number of nitrogens with one attached hydrogen (secondary N) is 2. The largest absolute Gasteiger partial charge is 0.461 e. The Labute approximate surface area is 224 Å². The Morgan fingerprint density at radius 2 is 1.38 bits per heavy atom. The minimum Gasteiger partial charge on any atom is -0.461 e. The van der Waals surface area contributed by atoms with Gasteiger partial charge in [-0.2, -0.15) is 0 Å². The normalized spacial score (nSPS) is 11.3. The standard InChI is InChI=1S/C33H48N2O2/c1-3-5-7-8-9-10-11-12-13-16-24-35-33(36)28-22-20-27(21-23-28)25-34-26-30-29-17-14-15-19-31(29)37-32(30)18-6-4-2/h14-15,17,19-23,34H,3-13,16,18,24-26H2,1-2H3,(H,35,36). The number of carbonyl (C=O) groups excluding carboxylic acids is 1. The Balaban J connectivity index is 1.34. The van der Waals surface area contributed by atoms with Crippen molar-refractivity contribution in [3.05, 3.63) is 71.0 Å². The van der Waals surface area contributed by atoms with Gasteiger partial charge in [0.2, 0.25) is 0 Å². The molecule has 1 aromatic heterocycles. The van der Waals surface area contributed by atoms with Crippen molar-refractivity contribution in [2.24, 2.45) is 0 Å². The van der Waals surface area contributed by atoms with Crippen molar-refractivity contribution in [3.8, 4) is 0 Å². The fourth-order valence-corrected chi connectivity index (χ4v) is 4.90. The van der Waals surface area contributed by atoms with Crippen LogP contribution in [0.5, 0.6) is 0 Å². The van der Waals surface area contributed by atoms with Crippen LogP contribution in [0.1, 0.15) is 118 Å². The zero-order chi connectivity index (χ0) is 26.1. The number of furan rings is 1. The molecule has 0 bridgehead atoms. The van der Waals surface area contributed by atoms with Gasteiger partial charge in [0.1, 0.15) is 11.3 Å². The molecule has 0 radical (unpaired) electrons. The van der Waals surface area contributed by atoms with Gasteiger partial charge in [-0.3, -0.25) is 4.79 Å². The molecule has 0 unspecified atom stereocenters. The van der Waals surface area contributed by atoms with Crippen LogP contribution >= 0.6 is 0 Å². The highest BCUT2D eigenvalue weighted by molar-refractivity contribution is 5.94. The van der Waals surface area contributed by atoms with Crippen molar-refractivity contribution in [2.45, 2.75) is 110 Å². The summed E-state index contributed by atoms with van der Waals surface area (Å²) in [7, 11) is 0. The molecular weight excluding hydrogens is 456 g/mol. The predicted molar refractivity (Wildman–Crippen MR) is 156 cm³/mol. The molecule has 0 spiro atoms. The van der Waals surface area contributed by atoms with Crippen LogP contribution in [0.2, 0.25) is 0 Å². The van der Waals surface area contributed by atoms with Crippen LogP contribution in [0.3, 0.4) is 0 Å². The number of fused-ring (bicyclic) bond motifs is 1. The van der Waals surface area contributed by atoms with Gasteiger partial charge in [-0.25, -0.2) is 0 Å². The van der Waals surface area contributed by atoms with Crippen molar-refractivity contribution in [3.63, 3.8) is 0 Å². The lowest BCUT2D eigenvalue weighted by Crippen LogP contribution is -2.24. The third-order valence-corrected chi connectivity index (χ3v) is 7.20. The van der Waals surface area contributed by atoms with Crippen molar-refractivity contribution in [2.75, 3.05) is 6.54 Å². The lowest BCUT2D eigenvalue weighted by atomic mass is 10.1. The summed E-state index contributed by atoms with van der Waals surface area (Å²) in [6, 6.07) is 16.3. The van der Waals surface area contributed by atoms with Gasteiger partial charge in [-0.1, -0.05) is 108 Å². The Hall–Kier alpha value is -2.59. The molecule has 1 heterocycles. The smallest absolute Gasteiger partial charge is 0.251 e. The van der Waals surface area contributed by atoms with E-state index in [1.165, 1.54) is 74.3 Å². The average Bonchev–Trinajstić information content (AvgIpc) is 3.28. The third kappa shape index (κ3) is 10.0. The molecular formula is C33H48N2O2. The molecule has 2 N–H and O–H groups in total. The molecule has 37 heavy (non-hydrogen) atoms. The summed E-state index contributed by atoms with van der Waals surface area (Å²) in [5.41, 5.74) is 4.15. The molecule has 3 aromatic rings. The van der Waals surface area contributed by atoms with Crippen LogP contribution in [-0.4, -0.2) is 12.5 Å². The molecule has 0 saturated heterocycles. The summed E-state index contributed by atoms with van der Waals surface area (Å²) in [4.78, 5) is 12.5. The van der Waals surface area contributed by atoms with Crippen molar-refractivity contribution >= 4 is 16.9 Å². The van der Waals surface area contributed by atoms with Crippen molar-refractivity contribution in [1.82, 2.24) is 10.6 Å². The van der Waals surface area contributed by atoms with E-state index in [2.05, 4.69) is 42.7 Å². The summed E-state index contributed by atoms with van der Waals surface area (Å²) >= 11 is 0. The molecule has 202 valence electrons. The summed E-state index contributed by atoms with van der Waals surface area (Å²) < 4.78 is 6.14. The maximum absolute atomic E-state index is 12.5. The first kappa shape index (κ1) is 29.0. The fourth-order valence-electron chi connectivity index (χ4n) is 4.90. The average molecular weight is 505 g/mol. The summed E-state index contributed by atoms with van der Waals surface area (Å²) in [5, 5.41) is 7.86. The first-order valence-electron chi connectivity index (χ1n) is 14.8. The van der Waals surface area contributed by atoms with E-state index in [1.54, 1.807) is 0 Å². The van der Waals surface area contributed by atoms with Crippen LogP contribution in [0, 0.1) is 0 Å². The summed E-state index contributed by atoms with van der Waals surface area (Å²) in [6.45, 7) is 6.77. The first-order chi connectivity index (χ1) is 18.2. The number of benzene rings is 2. The molecule has 2 aromatic carbocycles. The zero-order valence-electron chi connectivity index (χ0n) is 23.2. The van der Waals surface area contributed by atoms with Crippen LogP contribution in [0.15, 0.2) is 52.9 Å². The van der Waals surface area contributed by atoms with E-state index >= 15 is 0 Å². The number of carbonyl (C=O) groups is 1. The Kier molecular flexibility index (Phi) is 13.3. The van der Waals surface area contributed by atoms with E-state index in [0.29, 0.717) is 0 Å². The Morgan fingerprint density at radius 1 is 0.730 bits per heavy atom. The van der Waals surface area contributed by atoms with E-state index in [1.807, 2.05) is 30.3 Å². The second-order valence-electron chi connectivity index (χ2n) is 10.3. The van der Waals surface area contributed by atoms with E-state index in [9.17, 15) is 4.79 Å². The van der Waals surface area contributed by atoms with Crippen LogP contribution < -0.4 is 10.6 Å². The van der Waals surface area contributed by atoms with Crippen LogP contribution in [0.25, 0.3) is 11.0 Å². The predicted octanol–water partition coefficient (Wildman–Crippen LogP) is 8.72. The highest BCUT2D eigenvalue weighted by Crippen LogP contribution is 2.27. The molecule has 0 aliphatic carbocycles. The molecule has 3 rings (SSSR count). The Bertz CT molecular complexity index is 1040. The molecule has 4 heteroatoms. The number of aryl methyl sites for hydroxylation is 1. The number of amides is 1. The SMILES string of the molecule is CCCCCCCCCCCCNC(=O)c1ccc(CNCc2c(CCCC)oc3ccccc23)cc1. The van der Waals surface area contributed by atoms with Crippen LogP contribution in [-0.2, 0) is 19.5 Å². The van der Waals surface area contributed by atoms with E-state index in [4.69, 9.17) is 4.42 Å². The van der Waals surface area contributed by atoms with Gasteiger partial charge in [-0.15, -0.1) is 0 Å². The molecule has 4 nitrogen and oxygen atoms in total. The van der Waals surface area contributed by atoms with Gasteiger partial charge >= 0.3 is 0 Å². The lowest BCUT2D eigenvalue weighted by Gasteiger charge is -2.08. The molecule has 1 amide bonds. The first-order valence-corrected chi connectivity index (χ1v) is 14.8. The van der Waals surface area contributed by atoms with Gasteiger partial charge in [0.15, 0.2) is 0 Å². The minimum atomic E-state index is 0.0286. The second-order valence-corrected chi connectivity index (χ2v) is 10.3. The number of para-hydroxylation sites is 1. The number of hydrogen-bond acceptors (Lipinski definition) is 3. The molecule has 0 atom stereocenters. The number of unbranched alkanes of at least 4 members (excludes halogenated alkanes) is 10. The maximum atomic E-state index is 12.5. The Morgan fingerprint density at radius 3 is 2.08 bits per heavy atom. The molecule has 0 aliphatic rings. The third-order valence-electron chi connectivity index (χ3n) is 7.20. The molecule has 0 aliphatic heterocycles. The second kappa shape index (κ2) is 17.0. The zero-order valence-corrected chi connectivity index (χ0v) is 23.2. The van der Waals surface area contributed by atoms with E-state index < -0.39 is 0 Å². The highest BCUT2D eigenvalue weighted by Gasteiger charge is 2.13. The topological polar surface area (TPSA) is 54.3 Å². The summed E-state index contributed by atoms with van der Waals surface area (Å²) in [6.07, 6.45) is 16.3. The minimum absolute atomic E-state index is 0.0286. The van der Waals surface area contributed by atoms with Crippen LogP contribution in [0.4, 0.5) is 0 Å². The highest BCUT2D eigenvalue weighted by atomic mass is 16.3.